The molecule has 0 aliphatic heterocycles. The molecule has 0 aliphatic rings. The summed E-state index contributed by atoms with van der Waals surface area (Å²) in [5, 5.41) is 12.2. The quantitative estimate of drug-likeness (QED) is 0.770. The fourth-order valence-corrected chi connectivity index (χ4v) is 2.37. The second-order valence-electron chi connectivity index (χ2n) is 4.66. The minimum atomic E-state index is 0.217. The van der Waals surface area contributed by atoms with Crippen LogP contribution in [0.5, 0.6) is 0 Å². The predicted molar refractivity (Wildman–Crippen MR) is 73.9 cm³/mol. The summed E-state index contributed by atoms with van der Waals surface area (Å²) in [5.41, 5.74) is 3.42. The fraction of sp³-hybridized carbons (Fsp3) is 0.286. The molecule has 0 spiro atoms. The zero-order valence-electron chi connectivity index (χ0n) is 11.1. The van der Waals surface area contributed by atoms with Gasteiger partial charge in [0.05, 0.1) is 17.4 Å². The van der Waals surface area contributed by atoms with Crippen molar-refractivity contribution in [1.29, 1.82) is 0 Å². The van der Waals surface area contributed by atoms with Crippen molar-refractivity contribution < 1.29 is 0 Å². The van der Waals surface area contributed by atoms with E-state index in [1.54, 1.807) is 0 Å². The molecule has 3 heterocycles. The summed E-state index contributed by atoms with van der Waals surface area (Å²) in [4.78, 5) is 0. The number of hydrogen-bond donors (Lipinski definition) is 1. The summed E-state index contributed by atoms with van der Waals surface area (Å²) in [6.07, 6.45) is 6.72. The summed E-state index contributed by atoms with van der Waals surface area (Å²) in [6, 6.07) is 8.38. The highest BCUT2D eigenvalue weighted by Gasteiger charge is 2.16. The Hall–Kier alpha value is -2.14. The number of aryl methyl sites for hydroxylation is 1. The monoisotopic (exact) mass is 255 g/mol. The van der Waals surface area contributed by atoms with E-state index in [2.05, 4.69) is 27.6 Å². The van der Waals surface area contributed by atoms with Gasteiger partial charge in [-0.05, 0) is 25.2 Å². The van der Waals surface area contributed by atoms with Crippen molar-refractivity contribution in [2.75, 3.05) is 7.05 Å². The standard InChI is InChI=1S/C14H17N5/c1-15-13(9-11-6-8-18(2)17-11)12-10-16-19-7-4-3-5-14(12)19/h3-8,10,13,15H,9H2,1-2H3. The minimum Gasteiger partial charge on any atom is -0.313 e. The number of nitrogens with zero attached hydrogens (tertiary/aromatic N) is 4. The Morgan fingerprint density at radius 2 is 2.16 bits per heavy atom. The van der Waals surface area contributed by atoms with Gasteiger partial charge in [0.15, 0.2) is 0 Å². The molecule has 0 radical (unpaired) electrons. The smallest absolute Gasteiger partial charge is 0.0709 e. The van der Waals surface area contributed by atoms with E-state index >= 15 is 0 Å². The molecule has 3 aromatic rings. The summed E-state index contributed by atoms with van der Waals surface area (Å²) in [7, 11) is 3.91. The highest BCUT2D eigenvalue weighted by Crippen LogP contribution is 2.21. The Morgan fingerprint density at radius 1 is 1.26 bits per heavy atom. The van der Waals surface area contributed by atoms with Crippen LogP contribution in [-0.4, -0.2) is 26.4 Å². The molecule has 0 aliphatic carbocycles. The number of pyridine rings is 1. The van der Waals surface area contributed by atoms with E-state index in [1.807, 2.05) is 54.0 Å². The molecule has 1 atom stereocenters. The normalized spacial score (nSPS) is 12.9. The molecule has 19 heavy (non-hydrogen) atoms. The lowest BCUT2D eigenvalue weighted by atomic mass is 10.0. The van der Waals surface area contributed by atoms with Crippen molar-refractivity contribution in [2.24, 2.45) is 7.05 Å². The first-order chi connectivity index (χ1) is 9.28. The first kappa shape index (κ1) is 11.9. The van der Waals surface area contributed by atoms with Crippen LogP contribution < -0.4 is 5.32 Å². The van der Waals surface area contributed by atoms with Crippen molar-refractivity contribution in [2.45, 2.75) is 12.5 Å². The Labute approximate surface area is 111 Å². The molecule has 0 aromatic carbocycles. The van der Waals surface area contributed by atoms with Gasteiger partial charge in [-0.25, -0.2) is 4.52 Å². The van der Waals surface area contributed by atoms with Crippen molar-refractivity contribution in [1.82, 2.24) is 24.7 Å². The van der Waals surface area contributed by atoms with Crippen molar-refractivity contribution >= 4 is 5.52 Å². The van der Waals surface area contributed by atoms with Crippen LogP contribution >= 0.6 is 0 Å². The van der Waals surface area contributed by atoms with E-state index in [9.17, 15) is 0 Å². The first-order valence-corrected chi connectivity index (χ1v) is 6.36. The van der Waals surface area contributed by atoms with Crippen LogP contribution in [-0.2, 0) is 13.5 Å². The van der Waals surface area contributed by atoms with Gasteiger partial charge in [-0.2, -0.15) is 10.2 Å². The fourth-order valence-electron chi connectivity index (χ4n) is 2.37. The highest BCUT2D eigenvalue weighted by atomic mass is 15.2. The number of aromatic nitrogens is 4. The van der Waals surface area contributed by atoms with Gasteiger partial charge in [-0.15, -0.1) is 0 Å². The molecule has 0 amide bonds. The first-order valence-electron chi connectivity index (χ1n) is 6.36. The van der Waals surface area contributed by atoms with Gasteiger partial charge >= 0.3 is 0 Å². The second-order valence-corrected chi connectivity index (χ2v) is 4.66. The average Bonchev–Trinajstić information content (AvgIpc) is 3.02. The van der Waals surface area contributed by atoms with Gasteiger partial charge < -0.3 is 5.32 Å². The minimum absolute atomic E-state index is 0.217. The molecule has 5 nitrogen and oxygen atoms in total. The van der Waals surface area contributed by atoms with Crippen LogP contribution in [0.25, 0.3) is 5.52 Å². The molecule has 3 aromatic heterocycles. The largest absolute Gasteiger partial charge is 0.313 e. The lowest BCUT2D eigenvalue weighted by molar-refractivity contribution is 0.581. The van der Waals surface area contributed by atoms with E-state index in [1.165, 1.54) is 5.56 Å². The van der Waals surface area contributed by atoms with Crippen molar-refractivity contribution in [3.05, 3.63) is 54.1 Å². The topological polar surface area (TPSA) is 47.2 Å². The van der Waals surface area contributed by atoms with Crippen LogP contribution in [0.2, 0.25) is 0 Å². The Balaban J connectivity index is 1.93. The Bertz CT molecular complexity index is 682. The number of fused-ring (bicyclic) bond motifs is 1. The van der Waals surface area contributed by atoms with Crippen LogP contribution in [0.1, 0.15) is 17.3 Å². The summed E-state index contributed by atoms with van der Waals surface area (Å²) >= 11 is 0. The van der Waals surface area contributed by atoms with E-state index in [0.29, 0.717) is 0 Å². The summed E-state index contributed by atoms with van der Waals surface area (Å²) in [5.74, 6) is 0. The van der Waals surface area contributed by atoms with Gasteiger partial charge in [0.2, 0.25) is 0 Å². The van der Waals surface area contributed by atoms with Crippen molar-refractivity contribution in [3.63, 3.8) is 0 Å². The SMILES string of the molecule is CNC(Cc1ccn(C)n1)c1cnn2ccccc12. The predicted octanol–water partition coefficient (Wildman–Crippen LogP) is 1.57. The van der Waals surface area contributed by atoms with Gasteiger partial charge in [0.1, 0.15) is 0 Å². The number of hydrogen-bond acceptors (Lipinski definition) is 3. The third-order valence-corrected chi connectivity index (χ3v) is 3.36. The van der Waals surface area contributed by atoms with Crippen LogP contribution in [0, 0.1) is 0 Å². The Morgan fingerprint density at radius 3 is 2.89 bits per heavy atom. The molecular formula is C14H17N5. The van der Waals surface area contributed by atoms with Crippen molar-refractivity contribution in [3.8, 4) is 0 Å². The number of nitrogens with one attached hydrogen (secondary N) is 1. The van der Waals surface area contributed by atoms with E-state index in [4.69, 9.17) is 0 Å². The maximum absolute atomic E-state index is 4.44. The molecule has 3 rings (SSSR count). The molecule has 0 fully saturated rings. The van der Waals surface area contributed by atoms with E-state index in [-0.39, 0.29) is 6.04 Å². The maximum Gasteiger partial charge on any atom is 0.0709 e. The lowest BCUT2D eigenvalue weighted by Crippen LogP contribution is -2.19. The molecule has 0 saturated heterocycles. The second kappa shape index (κ2) is 4.85. The van der Waals surface area contributed by atoms with Gasteiger partial charge in [-0.3, -0.25) is 4.68 Å². The lowest BCUT2D eigenvalue weighted by Gasteiger charge is -2.13. The molecule has 0 bridgehead atoms. The highest BCUT2D eigenvalue weighted by molar-refractivity contribution is 5.55. The molecule has 98 valence electrons. The van der Waals surface area contributed by atoms with Crippen LogP contribution in [0.4, 0.5) is 0 Å². The maximum atomic E-state index is 4.44. The van der Waals surface area contributed by atoms with Crippen LogP contribution in [0.15, 0.2) is 42.9 Å². The zero-order chi connectivity index (χ0) is 13.2. The molecule has 1 N–H and O–H groups in total. The van der Waals surface area contributed by atoms with Gasteiger partial charge in [0.25, 0.3) is 0 Å². The third kappa shape index (κ3) is 2.24. The average molecular weight is 255 g/mol. The molecule has 1 unspecified atom stereocenters. The van der Waals surface area contributed by atoms with Gasteiger partial charge in [-0.1, -0.05) is 6.07 Å². The summed E-state index contributed by atoms with van der Waals surface area (Å²) in [6.45, 7) is 0. The van der Waals surface area contributed by atoms with Crippen LogP contribution in [0.3, 0.4) is 0 Å². The van der Waals surface area contributed by atoms with E-state index in [0.717, 1.165) is 17.6 Å². The number of rotatable bonds is 4. The number of likely N-dealkylation sites (N-methyl/N-ethyl adjacent to an activating group) is 1. The van der Waals surface area contributed by atoms with E-state index < -0.39 is 0 Å². The zero-order valence-corrected chi connectivity index (χ0v) is 11.1. The molecule has 0 saturated carbocycles. The Kier molecular flexibility index (Phi) is 3.05. The van der Waals surface area contributed by atoms with Gasteiger partial charge in [0, 0.05) is 37.5 Å². The molecule has 5 heteroatoms. The summed E-state index contributed by atoms with van der Waals surface area (Å²) < 4.78 is 3.73. The third-order valence-electron chi connectivity index (χ3n) is 3.36. The molecular weight excluding hydrogens is 238 g/mol.